The number of rotatable bonds is 7. The van der Waals surface area contributed by atoms with Gasteiger partial charge in [0.25, 0.3) is 5.56 Å². The predicted octanol–water partition coefficient (Wildman–Crippen LogP) is 3.16. The van der Waals surface area contributed by atoms with Crippen LogP contribution < -0.4 is 20.5 Å². The number of halogens is 1. The number of hydrogen-bond donors (Lipinski definition) is 2. The van der Waals surface area contributed by atoms with Crippen molar-refractivity contribution in [3.05, 3.63) is 74.7 Å². The summed E-state index contributed by atoms with van der Waals surface area (Å²) >= 11 is 5.90. The van der Waals surface area contributed by atoms with Gasteiger partial charge in [-0.3, -0.25) is 9.78 Å². The van der Waals surface area contributed by atoms with Crippen molar-refractivity contribution >= 4 is 23.8 Å². The summed E-state index contributed by atoms with van der Waals surface area (Å²) < 4.78 is 11.2. The highest BCUT2D eigenvalue weighted by molar-refractivity contribution is 6.30. The Morgan fingerprint density at radius 2 is 1.96 bits per heavy atom. The zero-order valence-electron chi connectivity index (χ0n) is 15.3. The molecule has 8 nitrogen and oxygen atoms in total. The van der Waals surface area contributed by atoms with Gasteiger partial charge in [0, 0.05) is 5.02 Å². The number of anilines is 1. The number of aromatic nitrogens is 3. The van der Waals surface area contributed by atoms with Crippen molar-refractivity contribution in [3.63, 3.8) is 0 Å². The molecular weight excluding hydrogens is 382 g/mol. The number of methoxy groups -OCH3 is 1. The molecule has 0 aliphatic carbocycles. The maximum absolute atomic E-state index is 11.5. The third-order valence-electron chi connectivity index (χ3n) is 3.74. The Morgan fingerprint density at radius 1 is 1.18 bits per heavy atom. The SMILES string of the molecule is COc1ccc(/C=N/Nc2nnc(C)c(=O)[nH]2)cc1OCc1ccc(Cl)cc1. The number of aryl methyl sites for hydroxylation is 1. The molecule has 28 heavy (non-hydrogen) atoms. The first-order chi connectivity index (χ1) is 13.5. The topological polar surface area (TPSA) is 101 Å². The zero-order valence-corrected chi connectivity index (χ0v) is 16.0. The summed E-state index contributed by atoms with van der Waals surface area (Å²) in [6.45, 7) is 1.94. The van der Waals surface area contributed by atoms with E-state index in [0.29, 0.717) is 23.1 Å². The molecular formula is C19H18ClN5O3. The number of nitrogens with one attached hydrogen (secondary N) is 2. The predicted molar refractivity (Wildman–Crippen MR) is 107 cm³/mol. The highest BCUT2D eigenvalue weighted by Gasteiger charge is 2.06. The van der Waals surface area contributed by atoms with Crippen LogP contribution >= 0.6 is 11.6 Å². The van der Waals surface area contributed by atoms with E-state index in [1.807, 2.05) is 30.3 Å². The molecule has 3 rings (SSSR count). The molecule has 1 aromatic heterocycles. The quantitative estimate of drug-likeness (QED) is 0.467. The van der Waals surface area contributed by atoms with Crippen LogP contribution in [0.4, 0.5) is 5.95 Å². The number of nitrogens with zero attached hydrogens (tertiary/aromatic N) is 3. The summed E-state index contributed by atoms with van der Waals surface area (Å²) in [6, 6.07) is 12.8. The molecule has 0 amide bonds. The largest absolute Gasteiger partial charge is 0.493 e. The van der Waals surface area contributed by atoms with Gasteiger partial charge >= 0.3 is 0 Å². The van der Waals surface area contributed by atoms with E-state index in [1.54, 1.807) is 32.4 Å². The van der Waals surface area contributed by atoms with Gasteiger partial charge in [-0.1, -0.05) is 23.7 Å². The van der Waals surface area contributed by atoms with Crippen molar-refractivity contribution in [2.45, 2.75) is 13.5 Å². The molecule has 2 aromatic carbocycles. The molecule has 0 unspecified atom stereocenters. The normalized spacial score (nSPS) is 10.8. The molecule has 0 saturated heterocycles. The Bertz CT molecular complexity index is 1030. The molecule has 1 heterocycles. The van der Waals surface area contributed by atoms with E-state index in [2.05, 4.69) is 25.7 Å². The fourth-order valence-corrected chi connectivity index (χ4v) is 2.37. The molecule has 0 radical (unpaired) electrons. The minimum Gasteiger partial charge on any atom is -0.493 e. The maximum Gasteiger partial charge on any atom is 0.274 e. The van der Waals surface area contributed by atoms with E-state index in [9.17, 15) is 4.79 Å². The highest BCUT2D eigenvalue weighted by Crippen LogP contribution is 2.28. The summed E-state index contributed by atoms with van der Waals surface area (Å²) in [5.41, 5.74) is 4.33. The van der Waals surface area contributed by atoms with Crippen LogP contribution in [0.5, 0.6) is 11.5 Å². The van der Waals surface area contributed by atoms with Gasteiger partial charge in [-0.05, 0) is 48.4 Å². The monoisotopic (exact) mass is 399 g/mol. The second kappa shape index (κ2) is 9.01. The second-order valence-corrected chi connectivity index (χ2v) is 6.22. The van der Waals surface area contributed by atoms with Crippen LogP contribution in [0.25, 0.3) is 0 Å². The Hall–Kier alpha value is -3.39. The standard InChI is InChI=1S/C19H18ClN5O3/c1-12-18(26)22-19(25-23-12)24-21-10-14-5-8-16(27-2)17(9-14)28-11-13-3-6-15(20)7-4-13/h3-10H,11H2,1-2H3,(H2,22,24,25,26)/b21-10+. The molecule has 0 bridgehead atoms. The van der Waals surface area contributed by atoms with Crippen molar-refractivity contribution in [1.82, 2.24) is 15.2 Å². The van der Waals surface area contributed by atoms with Gasteiger partial charge in [0.2, 0.25) is 5.95 Å². The fraction of sp³-hybridized carbons (Fsp3) is 0.158. The van der Waals surface area contributed by atoms with Crippen LogP contribution in [0.15, 0.2) is 52.4 Å². The van der Waals surface area contributed by atoms with E-state index in [-0.39, 0.29) is 17.2 Å². The van der Waals surface area contributed by atoms with Crippen LogP contribution in [0.1, 0.15) is 16.8 Å². The minimum atomic E-state index is -0.324. The van der Waals surface area contributed by atoms with Gasteiger partial charge in [-0.15, -0.1) is 10.2 Å². The van der Waals surface area contributed by atoms with Crippen molar-refractivity contribution in [1.29, 1.82) is 0 Å². The Balaban J connectivity index is 1.69. The van der Waals surface area contributed by atoms with E-state index >= 15 is 0 Å². The summed E-state index contributed by atoms with van der Waals surface area (Å²) in [5.74, 6) is 1.33. The van der Waals surface area contributed by atoms with Crippen molar-refractivity contribution in [2.24, 2.45) is 5.10 Å². The minimum absolute atomic E-state index is 0.152. The van der Waals surface area contributed by atoms with Gasteiger partial charge < -0.3 is 9.47 Å². The summed E-state index contributed by atoms with van der Waals surface area (Å²) in [5, 5.41) is 12.2. The van der Waals surface area contributed by atoms with Crippen LogP contribution in [-0.2, 0) is 6.61 Å². The molecule has 0 saturated carbocycles. The Labute approximate surface area is 166 Å². The molecule has 9 heteroatoms. The average molecular weight is 400 g/mol. The van der Waals surface area contributed by atoms with Crippen LogP contribution in [0, 0.1) is 6.92 Å². The highest BCUT2D eigenvalue weighted by atomic mass is 35.5. The molecule has 0 atom stereocenters. The van der Waals surface area contributed by atoms with Crippen LogP contribution in [0.2, 0.25) is 5.02 Å². The Morgan fingerprint density at radius 3 is 2.68 bits per heavy atom. The first-order valence-electron chi connectivity index (χ1n) is 8.33. The number of hydrogen-bond acceptors (Lipinski definition) is 7. The van der Waals surface area contributed by atoms with Crippen LogP contribution in [0.3, 0.4) is 0 Å². The van der Waals surface area contributed by atoms with Gasteiger partial charge in [-0.2, -0.15) is 5.10 Å². The molecule has 2 N–H and O–H groups in total. The summed E-state index contributed by atoms with van der Waals surface area (Å²) in [7, 11) is 1.58. The number of ether oxygens (including phenoxy) is 2. The average Bonchev–Trinajstić information content (AvgIpc) is 2.70. The smallest absolute Gasteiger partial charge is 0.274 e. The molecule has 144 valence electrons. The molecule has 3 aromatic rings. The first-order valence-corrected chi connectivity index (χ1v) is 8.71. The van der Waals surface area contributed by atoms with E-state index < -0.39 is 0 Å². The van der Waals surface area contributed by atoms with E-state index in [4.69, 9.17) is 21.1 Å². The fourth-order valence-electron chi connectivity index (χ4n) is 2.24. The van der Waals surface area contributed by atoms with Gasteiger partial charge in [0.1, 0.15) is 12.3 Å². The van der Waals surface area contributed by atoms with Crippen molar-refractivity contribution in [2.75, 3.05) is 12.5 Å². The third-order valence-corrected chi connectivity index (χ3v) is 3.99. The number of H-pyrrole nitrogens is 1. The van der Waals surface area contributed by atoms with Gasteiger partial charge in [0.05, 0.1) is 13.3 Å². The van der Waals surface area contributed by atoms with E-state index in [1.165, 1.54) is 0 Å². The van der Waals surface area contributed by atoms with Gasteiger partial charge in [0.15, 0.2) is 11.5 Å². The lowest BCUT2D eigenvalue weighted by atomic mass is 10.2. The maximum atomic E-state index is 11.5. The van der Waals surface area contributed by atoms with Gasteiger partial charge in [-0.25, -0.2) is 5.43 Å². The van der Waals surface area contributed by atoms with Crippen molar-refractivity contribution in [3.8, 4) is 11.5 Å². The Kier molecular flexibility index (Phi) is 6.23. The summed E-state index contributed by atoms with van der Waals surface area (Å²) in [4.78, 5) is 14.0. The van der Waals surface area contributed by atoms with Crippen LogP contribution in [-0.4, -0.2) is 28.5 Å². The second-order valence-electron chi connectivity index (χ2n) is 5.78. The third kappa shape index (κ3) is 5.08. The molecule has 0 spiro atoms. The molecule has 0 aliphatic heterocycles. The van der Waals surface area contributed by atoms with E-state index in [0.717, 1.165) is 11.1 Å². The number of benzene rings is 2. The first kappa shape index (κ1) is 19.4. The zero-order chi connectivity index (χ0) is 19.9. The lowest BCUT2D eigenvalue weighted by Crippen LogP contribution is -2.15. The lowest BCUT2D eigenvalue weighted by molar-refractivity contribution is 0.284. The molecule has 0 fully saturated rings. The lowest BCUT2D eigenvalue weighted by Gasteiger charge is -2.11. The number of aromatic amines is 1. The molecule has 0 aliphatic rings. The van der Waals surface area contributed by atoms with Crippen molar-refractivity contribution < 1.29 is 9.47 Å². The summed E-state index contributed by atoms with van der Waals surface area (Å²) in [6.07, 6.45) is 1.56. The number of hydrazone groups is 1.